The molecule has 6 heteroatoms. The number of rotatable bonds is 9. The lowest BCUT2D eigenvalue weighted by Gasteiger charge is -2.38. The van der Waals surface area contributed by atoms with Crippen LogP contribution in [0.4, 0.5) is 0 Å². The van der Waals surface area contributed by atoms with E-state index in [-0.39, 0.29) is 11.9 Å². The maximum absolute atomic E-state index is 13.0. The molecule has 0 radical (unpaired) electrons. The van der Waals surface area contributed by atoms with Crippen molar-refractivity contribution in [3.8, 4) is 0 Å². The minimum atomic E-state index is -0.630. The van der Waals surface area contributed by atoms with Crippen LogP contribution in [-0.4, -0.2) is 55.6 Å². The van der Waals surface area contributed by atoms with Crippen molar-refractivity contribution in [1.29, 1.82) is 0 Å². The molecule has 1 aliphatic heterocycles. The van der Waals surface area contributed by atoms with E-state index in [0.717, 1.165) is 67.2 Å². The normalized spacial score (nSPS) is 17.3. The lowest BCUT2D eigenvalue weighted by atomic mass is 9.68. The van der Waals surface area contributed by atoms with Crippen LogP contribution in [0.15, 0.2) is 53.0 Å². The zero-order valence-corrected chi connectivity index (χ0v) is 21.7. The van der Waals surface area contributed by atoms with Crippen molar-refractivity contribution in [2.24, 2.45) is 5.92 Å². The summed E-state index contributed by atoms with van der Waals surface area (Å²) in [4.78, 5) is 18.1. The molecule has 3 rings (SSSR count). The van der Waals surface area contributed by atoms with E-state index in [2.05, 4.69) is 63.8 Å². The largest absolute Gasteiger partial charge is 0.468 e. The maximum atomic E-state index is 13.0. The number of methoxy groups -OCH3 is 1. The van der Waals surface area contributed by atoms with Crippen molar-refractivity contribution >= 4 is 33.5 Å². The van der Waals surface area contributed by atoms with E-state index in [9.17, 15) is 4.79 Å². The average Bonchev–Trinajstić information content (AvgIpc) is 2.78. The first-order valence-corrected chi connectivity index (χ1v) is 12.6. The fourth-order valence-electron chi connectivity index (χ4n) is 4.77. The SMILES string of the molecule is COC(=O)C(CCCN1CCN(Cc2ccc(Cl)cc2)CC1)(c1cccc(Br)c1)C(C)C. The van der Waals surface area contributed by atoms with Crippen LogP contribution in [0.25, 0.3) is 0 Å². The van der Waals surface area contributed by atoms with E-state index in [1.54, 1.807) is 0 Å². The number of carbonyl (C=O) groups is 1. The Hall–Kier alpha value is -1.40. The van der Waals surface area contributed by atoms with Gasteiger partial charge in [0.2, 0.25) is 0 Å². The van der Waals surface area contributed by atoms with Gasteiger partial charge in [-0.3, -0.25) is 9.69 Å². The van der Waals surface area contributed by atoms with Gasteiger partial charge in [0, 0.05) is 42.2 Å². The molecule has 1 aliphatic rings. The summed E-state index contributed by atoms with van der Waals surface area (Å²) in [6, 6.07) is 16.2. The Morgan fingerprint density at radius 3 is 2.34 bits per heavy atom. The Labute approximate surface area is 206 Å². The molecule has 2 aromatic carbocycles. The topological polar surface area (TPSA) is 32.8 Å². The number of hydrogen-bond donors (Lipinski definition) is 0. The molecule has 0 amide bonds. The van der Waals surface area contributed by atoms with Crippen molar-refractivity contribution in [2.45, 2.75) is 38.6 Å². The molecule has 0 aliphatic carbocycles. The van der Waals surface area contributed by atoms with Gasteiger partial charge in [-0.15, -0.1) is 0 Å². The Balaban J connectivity index is 1.57. The average molecular weight is 522 g/mol. The standard InChI is InChI=1S/C26H34BrClN2O2/c1-20(2)26(25(31)32-3,22-6-4-7-23(27)18-22)12-5-13-29-14-16-30(17-15-29)19-21-8-10-24(28)11-9-21/h4,6-11,18,20H,5,12-17,19H2,1-3H3. The van der Waals surface area contributed by atoms with E-state index in [1.165, 1.54) is 12.7 Å². The highest BCUT2D eigenvalue weighted by molar-refractivity contribution is 9.10. The van der Waals surface area contributed by atoms with Gasteiger partial charge in [-0.25, -0.2) is 0 Å². The zero-order valence-electron chi connectivity index (χ0n) is 19.3. The summed E-state index contributed by atoms with van der Waals surface area (Å²) in [5.41, 5.74) is 1.70. The van der Waals surface area contributed by atoms with E-state index in [0.29, 0.717) is 0 Å². The Morgan fingerprint density at radius 2 is 1.75 bits per heavy atom. The molecule has 0 spiro atoms. The van der Waals surface area contributed by atoms with E-state index in [4.69, 9.17) is 16.3 Å². The monoisotopic (exact) mass is 520 g/mol. The van der Waals surface area contributed by atoms with Gasteiger partial charge in [0.1, 0.15) is 0 Å². The summed E-state index contributed by atoms with van der Waals surface area (Å²) in [6.07, 6.45) is 1.73. The summed E-state index contributed by atoms with van der Waals surface area (Å²) in [7, 11) is 1.50. The van der Waals surface area contributed by atoms with Crippen LogP contribution in [0, 0.1) is 5.92 Å². The van der Waals surface area contributed by atoms with Gasteiger partial charge in [0.05, 0.1) is 12.5 Å². The molecule has 174 valence electrons. The third-order valence-corrected chi connectivity index (χ3v) is 7.45. The van der Waals surface area contributed by atoms with Crippen molar-refractivity contribution in [3.63, 3.8) is 0 Å². The van der Waals surface area contributed by atoms with E-state index < -0.39 is 5.41 Å². The smallest absolute Gasteiger partial charge is 0.316 e. The van der Waals surface area contributed by atoms with Crippen LogP contribution in [0.5, 0.6) is 0 Å². The van der Waals surface area contributed by atoms with Crippen LogP contribution >= 0.6 is 27.5 Å². The van der Waals surface area contributed by atoms with Crippen LogP contribution < -0.4 is 0 Å². The van der Waals surface area contributed by atoms with Crippen molar-refractivity contribution in [2.75, 3.05) is 39.8 Å². The number of carbonyl (C=O) groups excluding carboxylic acids is 1. The number of piperazine rings is 1. The first-order valence-electron chi connectivity index (χ1n) is 11.4. The number of halogens is 2. The molecular formula is C26H34BrClN2O2. The Kier molecular flexibility index (Phi) is 9.18. The molecule has 1 fully saturated rings. The second kappa shape index (κ2) is 11.6. The third-order valence-electron chi connectivity index (χ3n) is 6.70. The van der Waals surface area contributed by atoms with Gasteiger partial charge in [-0.2, -0.15) is 0 Å². The molecule has 1 unspecified atom stereocenters. The van der Waals surface area contributed by atoms with Gasteiger partial charge in [-0.1, -0.05) is 65.6 Å². The van der Waals surface area contributed by atoms with Gasteiger partial charge in [0.25, 0.3) is 0 Å². The molecule has 0 N–H and O–H groups in total. The number of esters is 1. The highest BCUT2D eigenvalue weighted by atomic mass is 79.9. The maximum Gasteiger partial charge on any atom is 0.316 e. The predicted molar refractivity (Wildman–Crippen MR) is 135 cm³/mol. The van der Waals surface area contributed by atoms with Crippen LogP contribution in [0.2, 0.25) is 5.02 Å². The van der Waals surface area contributed by atoms with E-state index >= 15 is 0 Å². The number of nitrogens with zero attached hydrogens (tertiary/aromatic N) is 2. The fourth-order valence-corrected chi connectivity index (χ4v) is 5.30. The van der Waals surface area contributed by atoms with Crippen LogP contribution in [-0.2, 0) is 21.5 Å². The third kappa shape index (κ3) is 6.13. The molecule has 2 aromatic rings. The summed E-state index contributed by atoms with van der Waals surface area (Å²) in [6.45, 7) is 10.4. The molecule has 0 bridgehead atoms. The van der Waals surface area contributed by atoms with Crippen molar-refractivity contribution in [1.82, 2.24) is 9.80 Å². The molecule has 1 saturated heterocycles. The van der Waals surface area contributed by atoms with Gasteiger partial charge in [0.15, 0.2) is 0 Å². The summed E-state index contributed by atoms with van der Waals surface area (Å²) < 4.78 is 6.30. The molecule has 4 nitrogen and oxygen atoms in total. The lowest BCUT2D eigenvalue weighted by Crippen LogP contribution is -2.47. The number of benzene rings is 2. The summed E-state index contributed by atoms with van der Waals surface area (Å²) >= 11 is 9.56. The molecule has 0 saturated carbocycles. The lowest BCUT2D eigenvalue weighted by molar-refractivity contribution is -0.150. The second-order valence-corrected chi connectivity index (χ2v) is 10.3. The minimum absolute atomic E-state index is 0.139. The minimum Gasteiger partial charge on any atom is -0.468 e. The molecule has 32 heavy (non-hydrogen) atoms. The fraction of sp³-hybridized carbons (Fsp3) is 0.500. The van der Waals surface area contributed by atoms with Crippen LogP contribution in [0.1, 0.15) is 37.8 Å². The molecule has 1 heterocycles. The Bertz CT molecular complexity index is 882. The quantitative estimate of drug-likeness (QED) is 0.392. The highest BCUT2D eigenvalue weighted by Gasteiger charge is 2.44. The highest BCUT2D eigenvalue weighted by Crippen LogP contribution is 2.39. The first kappa shape index (κ1) is 25.2. The van der Waals surface area contributed by atoms with Crippen molar-refractivity contribution in [3.05, 3.63) is 69.2 Å². The van der Waals surface area contributed by atoms with Gasteiger partial charge < -0.3 is 9.64 Å². The number of hydrogen-bond acceptors (Lipinski definition) is 4. The zero-order chi connectivity index (χ0) is 23.1. The van der Waals surface area contributed by atoms with Gasteiger partial charge >= 0.3 is 5.97 Å². The predicted octanol–water partition coefficient (Wildman–Crippen LogP) is 5.77. The molecule has 0 aromatic heterocycles. The van der Waals surface area contributed by atoms with Crippen LogP contribution in [0.3, 0.4) is 0 Å². The summed E-state index contributed by atoms with van der Waals surface area (Å²) in [5, 5.41) is 0.783. The van der Waals surface area contributed by atoms with E-state index in [1.807, 2.05) is 24.3 Å². The van der Waals surface area contributed by atoms with Gasteiger partial charge in [-0.05, 0) is 60.7 Å². The first-order chi connectivity index (χ1) is 15.3. The summed E-state index contributed by atoms with van der Waals surface area (Å²) in [5.74, 6) is -0.00106. The molecular weight excluding hydrogens is 488 g/mol. The van der Waals surface area contributed by atoms with Crippen molar-refractivity contribution < 1.29 is 9.53 Å². The second-order valence-electron chi connectivity index (χ2n) is 8.98. The Morgan fingerprint density at radius 1 is 1.09 bits per heavy atom. The number of ether oxygens (including phenoxy) is 1. The molecule has 1 atom stereocenters.